The summed E-state index contributed by atoms with van der Waals surface area (Å²) in [5, 5.41) is 3.77. The standard InChI is InChI=1S/C13H16F2N2O2/c1-11(14,15)10-16-9(17-19-10)13-5-2-12(8-18,3-6-13)4-7-13/h8H,2-7H2,1H3. The van der Waals surface area contributed by atoms with Crippen LogP contribution in [0.2, 0.25) is 0 Å². The van der Waals surface area contributed by atoms with Crippen LogP contribution in [-0.2, 0) is 16.1 Å². The summed E-state index contributed by atoms with van der Waals surface area (Å²) in [6.45, 7) is 0.751. The second-order valence-corrected chi connectivity index (χ2v) is 6.07. The highest BCUT2D eigenvalue weighted by atomic mass is 19.3. The Kier molecular flexibility index (Phi) is 2.56. The van der Waals surface area contributed by atoms with Crippen LogP contribution in [0.25, 0.3) is 0 Å². The van der Waals surface area contributed by atoms with Crippen LogP contribution < -0.4 is 0 Å². The molecule has 6 heteroatoms. The summed E-state index contributed by atoms with van der Waals surface area (Å²) in [5.41, 5.74) is -0.458. The molecule has 104 valence electrons. The van der Waals surface area contributed by atoms with E-state index < -0.39 is 11.8 Å². The zero-order valence-electron chi connectivity index (χ0n) is 10.8. The molecule has 4 nitrogen and oxygen atoms in total. The summed E-state index contributed by atoms with van der Waals surface area (Å²) in [7, 11) is 0. The first-order valence-electron chi connectivity index (χ1n) is 6.58. The van der Waals surface area contributed by atoms with Crippen LogP contribution in [-0.4, -0.2) is 16.4 Å². The number of hydrogen-bond acceptors (Lipinski definition) is 4. The van der Waals surface area contributed by atoms with Crippen LogP contribution in [0.4, 0.5) is 8.78 Å². The zero-order valence-corrected chi connectivity index (χ0v) is 10.8. The molecule has 3 fully saturated rings. The van der Waals surface area contributed by atoms with Crippen molar-refractivity contribution in [3.05, 3.63) is 11.7 Å². The van der Waals surface area contributed by atoms with Crippen molar-refractivity contribution in [2.75, 3.05) is 0 Å². The highest BCUT2D eigenvalue weighted by Crippen LogP contribution is 2.56. The van der Waals surface area contributed by atoms with Gasteiger partial charge in [-0.25, -0.2) is 0 Å². The van der Waals surface area contributed by atoms with Gasteiger partial charge < -0.3 is 9.32 Å². The number of alkyl halides is 2. The van der Waals surface area contributed by atoms with E-state index in [2.05, 4.69) is 10.1 Å². The maximum absolute atomic E-state index is 13.1. The lowest BCUT2D eigenvalue weighted by Gasteiger charge is -2.49. The first-order chi connectivity index (χ1) is 8.89. The van der Waals surface area contributed by atoms with Gasteiger partial charge in [-0.1, -0.05) is 5.16 Å². The lowest BCUT2D eigenvalue weighted by Crippen LogP contribution is -2.45. The molecule has 2 bridgehead atoms. The molecule has 1 heterocycles. The first-order valence-corrected chi connectivity index (χ1v) is 6.58. The van der Waals surface area contributed by atoms with E-state index in [1.807, 2.05) is 0 Å². The number of fused-ring (bicyclic) bond motifs is 3. The monoisotopic (exact) mass is 270 g/mol. The minimum Gasteiger partial charge on any atom is -0.333 e. The molecule has 0 unspecified atom stereocenters. The highest BCUT2D eigenvalue weighted by Gasteiger charge is 2.52. The number of carbonyl (C=O) groups excluding carboxylic acids is 1. The quantitative estimate of drug-likeness (QED) is 0.792. The molecule has 0 saturated heterocycles. The maximum atomic E-state index is 13.1. The summed E-state index contributed by atoms with van der Waals surface area (Å²) < 4.78 is 31.0. The second kappa shape index (κ2) is 3.84. The Morgan fingerprint density at radius 3 is 2.21 bits per heavy atom. The normalized spacial score (nSPS) is 34.5. The van der Waals surface area contributed by atoms with Gasteiger partial charge in [0, 0.05) is 17.8 Å². The lowest BCUT2D eigenvalue weighted by molar-refractivity contribution is -0.122. The second-order valence-electron chi connectivity index (χ2n) is 6.07. The summed E-state index contributed by atoms with van der Waals surface area (Å²) in [6, 6.07) is 0. The Labute approximate surface area is 109 Å². The highest BCUT2D eigenvalue weighted by molar-refractivity contribution is 5.60. The molecule has 0 spiro atoms. The van der Waals surface area contributed by atoms with Crippen LogP contribution in [0.15, 0.2) is 4.52 Å². The molecule has 0 N–H and O–H groups in total. The van der Waals surface area contributed by atoms with Gasteiger partial charge in [0.05, 0.1) is 0 Å². The van der Waals surface area contributed by atoms with Crippen LogP contribution in [0.5, 0.6) is 0 Å². The van der Waals surface area contributed by atoms with E-state index in [1.54, 1.807) is 0 Å². The molecular formula is C13H16F2N2O2. The van der Waals surface area contributed by atoms with E-state index in [4.69, 9.17) is 4.52 Å². The topological polar surface area (TPSA) is 56.0 Å². The molecule has 3 aliphatic carbocycles. The van der Waals surface area contributed by atoms with E-state index in [-0.39, 0.29) is 10.8 Å². The van der Waals surface area contributed by atoms with Gasteiger partial charge in [0.1, 0.15) is 6.29 Å². The zero-order chi connectivity index (χ0) is 13.7. The fourth-order valence-corrected chi connectivity index (χ4v) is 3.34. The van der Waals surface area contributed by atoms with Crippen LogP contribution in [0, 0.1) is 5.41 Å². The molecule has 3 saturated carbocycles. The molecule has 4 rings (SSSR count). The maximum Gasteiger partial charge on any atom is 0.322 e. The number of hydrogen-bond donors (Lipinski definition) is 0. The number of aromatic nitrogens is 2. The Bertz CT molecular complexity index is 482. The van der Waals surface area contributed by atoms with Crippen molar-refractivity contribution < 1.29 is 18.1 Å². The van der Waals surface area contributed by atoms with Gasteiger partial charge in [0.25, 0.3) is 5.89 Å². The molecule has 0 radical (unpaired) electrons. The Morgan fingerprint density at radius 1 is 1.21 bits per heavy atom. The van der Waals surface area contributed by atoms with Crippen molar-refractivity contribution in [1.29, 1.82) is 0 Å². The smallest absolute Gasteiger partial charge is 0.322 e. The van der Waals surface area contributed by atoms with Crippen molar-refractivity contribution in [3.63, 3.8) is 0 Å². The average Bonchev–Trinajstić information content (AvgIpc) is 2.91. The Balaban J connectivity index is 1.88. The predicted molar refractivity (Wildman–Crippen MR) is 61.7 cm³/mol. The number of halogens is 2. The van der Waals surface area contributed by atoms with Crippen LogP contribution in [0.1, 0.15) is 57.2 Å². The summed E-state index contributed by atoms with van der Waals surface area (Å²) in [5.74, 6) is -3.32. The minimum atomic E-state index is -3.10. The Hall–Kier alpha value is -1.33. The fraction of sp³-hybridized carbons (Fsp3) is 0.769. The molecular weight excluding hydrogens is 254 g/mol. The minimum absolute atomic E-state index is 0.191. The summed E-state index contributed by atoms with van der Waals surface area (Å²) in [4.78, 5) is 15.1. The largest absolute Gasteiger partial charge is 0.333 e. The van der Waals surface area contributed by atoms with Crippen molar-refractivity contribution >= 4 is 6.29 Å². The van der Waals surface area contributed by atoms with Crippen LogP contribution in [0.3, 0.4) is 0 Å². The van der Waals surface area contributed by atoms with Crippen molar-refractivity contribution in [1.82, 2.24) is 10.1 Å². The van der Waals surface area contributed by atoms with Crippen molar-refractivity contribution in [2.45, 2.75) is 56.8 Å². The first kappa shape index (κ1) is 12.7. The molecule has 0 atom stereocenters. The van der Waals surface area contributed by atoms with Gasteiger partial charge in [-0.3, -0.25) is 0 Å². The number of carbonyl (C=O) groups is 1. The summed E-state index contributed by atoms with van der Waals surface area (Å²) >= 11 is 0. The van der Waals surface area contributed by atoms with Crippen molar-refractivity contribution in [3.8, 4) is 0 Å². The lowest BCUT2D eigenvalue weighted by atomic mass is 9.54. The SMILES string of the molecule is CC(F)(F)c1nc(C23CCC(C=O)(CC2)CC3)no1. The van der Waals surface area contributed by atoms with Gasteiger partial charge in [0.2, 0.25) is 0 Å². The van der Waals surface area contributed by atoms with E-state index in [0.29, 0.717) is 5.82 Å². The molecule has 1 aromatic heterocycles. The van der Waals surface area contributed by atoms with E-state index in [9.17, 15) is 13.6 Å². The fourth-order valence-electron chi connectivity index (χ4n) is 3.34. The molecule has 0 amide bonds. The van der Waals surface area contributed by atoms with Gasteiger partial charge >= 0.3 is 5.92 Å². The third-order valence-electron chi connectivity index (χ3n) is 4.83. The van der Waals surface area contributed by atoms with E-state index in [1.165, 1.54) is 0 Å². The van der Waals surface area contributed by atoms with Crippen molar-refractivity contribution in [2.24, 2.45) is 5.41 Å². The van der Waals surface area contributed by atoms with Gasteiger partial charge in [-0.2, -0.15) is 13.8 Å². The predicted octanol–water partition coefficient (Wildman–Crippen LogP) is 2.97. The van der Waals surface area contributed by atoms with Gasteiger partial charge in [-0.05, 0) is 38.5 Å². The van der Waals surface area contributed by atoms with Gasteiger partial charge in [0.15, 0.2) is 5.82 Å². The molecule has 1 aromatic rings. The summed E-state index contributed by atoms with van der Waals surface area (Å²) in [6.07, 6.45) is 5.78. The number of aldehydes is 1. The number of nitrogens with zero attached hydrogens (tertiary/aromatic N) is 2. The van der Waals surface area contributed by atoms with Crippen LogP contribution >= 0.6 is 0 Å². The van der Waals surface area contributed by atoms with E-state index >= 15 is 0 Å². The average molecular weight is 270 g/mol. The Morgan fingerprint density at radius 2 is 1.79 bits per heavy atom. The molecule has 0 aliphatic heterocycles. The third kappa shape index (κ3) is 1.88. The van der Waals surface area contributed by atoms with Gasteiger partial charge in [-0.15, -0.1) is 0 Å². The number of rotatable bonds is 3. The van der Waals surface area contributed by atoms with E-state index in [0.717, 1.165) is 51.7 Å². The third-order valence-corrected chi connectivity index (χ3v) is 4.83. The molecule has 19 heavy (non-hydrogen) atoms. The molecule has 3 aliphatic rings. The molecule has 0 aromatic carbocycles.